The summed E-state index contributed by atoms with van der Waals surface area (Å²) >= 11 is 0. The van der Waals surface area contributed by atoms with Crippen molar-refractivity contribution in [2.45, 2.75) is 26.7 Å². The lowest BCUT2D eigenvalue weighted by Crippen LogP contribution is -2.27. The predicted octanol–water partition coefficient (Wildman–Crippen LogP) is 0.842. The minimum atomic E-state index is 0.376. The number of nitrogen functional groups attached to an aromatic ring is 1. The van der Waals surface area contributed by atoms with Crippen molar-refractivity contribution in [3.63, 3.8) is 0 Å². The molecule has 0 bridgehead atoms. The topological polar surface area (TPSA) is 101 Å². The number of nitrogens with one attached hydrogen (secondary N) is 2. The second kappa shape index (κ2) is 7.94. The number of nitrogens with zero attached hydrogens (tertiary/aromatic N) is 4. The average molecular weight is 295 g/mol. The monoisotopic (exact) mass is 295 g/mol. The van der Waals surface area contributed by atoms with Gasteiger partial charge in [0.15, 0.2) is 0 Å². The number of ether oxygens (including phenoxy) is 1. The summed E-state index contributed by atoms with van der Waals surface area (Å²) in [6, 6.07) is 0. The first-order valence-corrected chi connectivity index (χ1v) is 7.56. The fourth-order valence-electron chi connectivity index (χ4n) is 2.34. The third-order valence-corrected chi connectivity index (χ3v) is 3.69. The Labute approximate surface area is 125 Å². The molecule has 1 saturated heterocycles. The summed E-state index contributed by atoms with van der Waals surface area (Å²) in [7, 11) is 0. The van der Waals surface area contributed by atoms with Gasteiger partial charge >= 0.3 is 0 Å². The highest BCUT2D eigenvalue weighted by Crippen LogP contribution is 2.17. The van der Waals surface area contributed by atoms with Crippen molar-refractivity contribution in [1.82, 2.24) is 15.0 Å². The van der Waals surface area contributed by atoms with Gasteiger partial charge in [-0.2, -0.15) is 15.0 Å². The van der Waals surface area contributed by atoms with Crippen LogP contribution in [0.1, 0.15) is 26.7 Å². The average Bonchev–Trinajstić information content (AvgIpc) is 2.55. The number of hydrazine groups is 1. The molecule has 0 saturated carbocycles. The van der Waals surface area contributed by atoms with Crippen molar-refractivity contribution in [3.05, 3.63) is 0 Å². The Morgan fingerprint density at radius 2 is 1.81 bits per heavy atom. The molecule has 1 aliphatic rings. The molecule has 21 heavy (non-hydrogen) atoms. The Bertz CT molecular complexity index is 433. The summed E-state index contributed by atoms with van der Waals surface area (Å²) in [6.07, 6.45) is 2.14. The number of anilines is 3. The lowest BCUT2D eigenvalue weighted by molar-refractivity contribution is 0.0699. The molecule has 1 aromatic rings. The molecule has 8 heteroatoms. The molecule has 0 amide bonds. The highest BCUT2D eigenvalue weighted by molar-refractivity contribution is 5.43. The fourth-order valence-corrected chi connectivity index (χ4v) is 2.34. The summed E-state index contributed by atoms with van der Waals surface area (Å²) in [5.74, 6) is 7.62. The second-order valence-electron chi connectivity index (χ2n) is 5.04. The molecule has 2 heterocycles. The number of aromatic nitrogens is 3. The summed E-state index contributed by atoms with van der Waals surface area (Å²) < 4.78 is 5.37. The molecule has 1 aliphatic heterocycles. The van der Waals surface area contributed by atoms with E-state index in [0.29, 0.717) is 23.8 Å². The third kappa shape index (κ3) is 4.40. The van der Waals surface area contributed by atoms with Gasteiger partial charge in [0.25, 0.3) is 0 Å². The van der Waals surface area contributed by atoms with Crippen LogP contribution >= 0.6 is 0 Å². The zero-order valence-electron chi connectivity index (χ0n) is 12.8. The third-order valence-electron chi connectivity index (χ3n) is 3.69. The van der Waals surface area contributed by atoms with Crippen LogP contribution in [0, 0.1) is 5.92 Å². The van der Waals surface area contributed by atoms with Crippen LogP contribution in [0.2, 0.25) is 0 Å². The van der Waals surface area contributed by atoms with Crippen molar-refractivity contribution >= 4 is 17.8 Å². The summed E-state index contributed by atoms with van der Waals surface area (Å²) in [6.45, 7) is 8.33. The van der Waals surface area contributed by atoms with Crippen molar-refractivity contribution in [1.29, 1.82) is 0 Å². The van der Waals surface area contributed by atoms with Crippen LogP contribution in [0.4, 0.5) is 17.8 Å². The molecule has 0 aromatic carbocycles. The molecule has 0 atom stereocenters. The van der Waals surface area contributed by atoms with Crippen molar-refractivity contribution in [2.24, 2.45) is 11.8 Å². The van der Waals surface area contributed by atoms with E-state index in [1.54, 1.807) is 0 Å². The molecule has 1 fully saturated rings. The maximum atomic E-state index is 5.44. The second-order valence-corrected chi connectivity index (χ2v) is 5.04. The van der Waals surface area contributed by atoms with E-state index < -0.39 is 0 Å². The van der Waals surface area contributed by atoms with Crippen molar-refractivity contribution < 1.29 is 4.74 Å². The van der Waals surface area contributed by atoms with Gasteiger partial charge in [0.05, 0.1) is 0 Å². The molecule has 2 rings (SSSR count). The predicted molar refractivity (Wildman–Crippen MR) is 83.2 cm³/mol. The van der Waals surface area contributed by atoms with E-state index in [-0.39, 0.29) is 0 Å². The highest BCUT2D eigenvalue weighted by atomic mass is 16.5. The van der Waals surface area contributed by atoms with E-state index in [9.17, 15) is 0 Å². The Hall–Kier alpha value is -1.67. The SMILES string of the molecule is CCN(CC)c1nc(NN)nc(NCC2CCOCC2)n1. The molecule has 0 radical (unpaired) electrons. The van der Waals surface area contributed by atoms with Crippen LogP contribution in [0.15, 0.2) is 0 Å². The maximum absolute atomic E-state index is 5.44. The summed E-state index contributed by atoms with van der Waals surface area (Å²) in [5.41, 5.74) is 2.50. The molecule has 4 N–H and O–H groups in total. The van der Waals surface area contributed by atoms with Crippen LogP contribution in [0.3, 0.4) is 0 Å². The van der Waals surface area contributed by atoms with Crippen molar-refractivity contribution in [2.75, 3.05) is 48.5 Å². The van der Waals surface area contributed by atoms with Gasteiger partial charge in [-0.05, 0) is 32.6 Å². The van der Waals surface area contributed by atoms with E-state index in [4.69, 9.17) is 10.6 Å². The van der Waals surface area contributed by atoms with Crippen LogP contribution in [-0.4, -0.2) is 47.8 Å². The maximum Gasteiger partial charge on any atom is 0.243 e. The van der Waals surface area contributed by atoms with Crippen molar-refractivity contribution in [3.8, 4) is 0 Å². The van der Waals surface area contributed by atoms with Crippen LogP contribution in [-0.2, 0) is 4.74 Å². The molecule has 0 unspecified atom stereocenters. The number of hydrogen-bond acceptors (Lipinski definition) is 8. The van der Waals surface area contributed by atoms with Gasteiger partial charge in [-0.3, -0.25) is 5.43 Å². The van der Waals surface area contributed by atoms with Gasteiger partial charge < -0.3 is 15.0 Å². The fraction of sp³-hybridized carbons (Fsp3) is 0.769. The largest absolute Gasteiger partial charge is 0.381 e. The zero-order valence-corrected chi connectivity index (χ0v) is 12.8. The number of hydrogen-bond donors (Lipinski definition) is 3. The van der Waals surface area contributed by atoms with Gasteiger partial charge in [0.2, 0.25) is 17.8 Å². The Morgan fingerprint density at radius 3 is 2.43 bits per heavy atom. The van der Waals surface area contributed by atoms with Crippen LogP contribution < -0.4 is 21.5 Å². The first-order valence-electron chi connectivity index (χ1n) is 7.56. The van der Waals surface area contributed by atoms with E-state index >= 15 is 0 Å². The minimum absolute atomic E-state index is 0.376. The quantitative estimate of drug-likeness (QED) is 0.502. The molecule has 0 aliphatic carbocycles. The molecule has 8 nitrogen and oxygen atoms in total. The van der Waals surface area contributed by atoms with E-state index in [1.165, 1.54) is 0 Å². The zero-order chi connectivity index (χ0) is 15.1. The number of nitrogens with two attached hydrogens (primary N) is 1. The summed E-state index contributed by atoms with van der Waals surface area (Å²) in [5, 5.41) is 3.29. The summed E-state index contributed by atoms with van der Waals surface area (Å²) in [4.78, 5) is 15.1. The molecular weight excluding hydrogens is 270 g/mol. The Morgan fingerprint density at radius 1 is 1.14 bits per heavy atom. The van der Waals surface area contributed by atoms with Gasteiger partial charge in [-0.15, -0.1) is 0 Å². The molecule has 0 spiro atoms. The van der Waals surface area contributed by atoms with E-state index in [0.717, 1.165) is 45.7 Å². The molecule has 118 valence electrons. The molecular formula is C13H25N7O. The minimum Gasteiger partial charge on any atom is -0.381 e. The van der Waals surface area contributed by atoms with E-state index in [2.05, 4.69) is 44.4 Å². The first kappa shape index (κ1) is 15.7. The first-order chi connectivity index (χ1) is 10.3. The van der Waals surface area contributed by atoms with Gasteiger partial charge in [-0.1, -0.05) is 0 Å². The standard InChI is InChI=1S/C13H25N7O/c1-3-20(4-2)13-17-11(16-12(18-13)19-14)15-9-10-5-7-21-8-6-10/h10H,3-9,14H2,1-2H3,(H2,15,16,17,18,19). The molecule has 1 aromatic heterocycles. The Kier molecular flexibility index (Phi) is 5.94. The highest BCUT2D eigenvalue weighted by Gasteiger charge is 2.15. The lowest BCUT2D eigenvalue weighted by atomic mass is 10.0. The smallest absolute Gasteiger partial charge is 0.243 e. The normalized spacial score (nSPS) is 15.8. The van der Waals surface area contributed by atoms with Gasteiger partial charge in [-0.25, -0.2) is 5.84 Å². The van der Waals surface area contributed by atoms with Gasteiger partial charge in [0.1, 0.15) is 0 Å². The van der Waals surface area contributed by atoms with Crippen LogP contribution in [0.25, 0.3) is 0 Å². The number of rotatable bonds is 7. The lowest BCUT2D eigenvalue weighted by Gasteiger charge is -2.23. The van der Waals surface area contributed by atoms with Crippen LogP contribution in [0.5, 0.6) is 0 Å². The van der Waals surface area contributed by atoms with E-state index in [1.807, 2.05) is 0 Å². The Balaban J connectivity index is 2.04. The van der Waals surface area contributed by atoms with Gasteiger partial charge in [0, 0.05) is 32.8 Å².